The fourth-order valence-electron chi connectivity index (χ4n) is 6.55. The Bertz CT molecular complexity index is 1800. The molecule has 0 aliphatic heterocycles. The number of rotatable bonds is 14. The van der Waals surface area contributed by atoms with Crippen molar-refractivity contribution in [3.63, 3.8) is 0 Å². The summed E-state index contributed by atoms with van der Waals surface area (Å²) in [5.74, 6) is -0.371. The van der Waals surface area contributed by atoms with Crippen LogP contribution in [0.25, 0.3) is 10.8 Å². The van der Waals surface area contributed by atoms with Crippen LogP contribution in [0.4, 0.5) is 0 Å². The number of carbonyl (C=O) groups is 2. The molecule has 0 amide bonds. The Morgan fingerprint density at radius 3 is 2.04 bits per heavy atom. The van der Waals surface area contributed by atoms with Gasteiger partial charge in [-0.05, 0) is 46.5 Å². The number of hydrogen-bond acceptors (Lipinski definition) is 10. The molecule has 3 aliphatic rings. The Morgan fingerprint density at radius 1 is 0.766 bits per heavy atom. The molecule has 0 spiro atoms. The lowest BCUT2D eigenvalue weighted by Gasteiger charge is -2.53. The minimum Gasteiger partial charge on any atom is -0.497 e. The van der Waals surface area contributed by atoms with Crippen LogP contribution in [0.1, 0.15) is 28.7 Å². The predicted octanol–water partition coefficient (Wildman–Crippen LogP) is 4.40. The van der Waals surface area contributed by atoms with Gasteiger partial charge in [0, 0.05) is 23.3 Å². The SMILES string of the molecule is C=CC(=O)OCCOCCOc1ccc(OCCOC(=O)C2CC3(O)c4ccccc4C2(O)c2ccc(OC)cc23)c2ccccc12. The maximum Gasteiger partial charge on any atom is 0.330 e. The second-order valence-electron chi connectivity index (χ2n) is 11.3. The maximum atomic E-state index is 13.5. The van der Waals surface area contributed by atoms with E-state index in [0.29, 0.717) is 52.7 Å². The highest BCUT2D eigenvalue weighted by atomic mass is 16.6. The molecule has 3 atom stereocenters. The molecule has 10 nitrogen and oxygen atoms in total. The minimum atomic E-state index is -1.68. The summed E-state index contributed by atoms with van der Waals surface area (Å²) in [6, 6.07) is 23.4. The van der Waals surface area contributed by atoms with E-state index in [4.69, 9.17) is 28.4 Å². The molecule has 0 fully saturated rings. The number of ether oxygens (including phenoxy) is 6. The van der Waals surface area contributed by atoms with E-state index in [1.807, 2.05) is 24.3 Å². The second-order valence-corrected chi connectivity index (χ2v) is 11.3. The normalized spacial score (nSPS) is 20.5. The van der Waals surface area contributed by atoms with Gasteiger partial charge in [-0.2, -0.15) is 0 Å². The van der Waals surface area contributed by atoms with Gasteiger partial charge in [0.05, 0.1) is 26.2 Å². The minimum absolute atomic E-state index is 0.0414. The third kappa shape index (κ3) is 5.91. The van der Waals surface area contributed by atoms with E-state index < -0.39 is 29.1 Å². The Hall–Kier alpha value is -4.90. The van der Waals surface area contributed by atoms with Crippen molar-refractivity contribution in [2.45, 2.75) is 17.6 Å². The molecule has 2 N–H and O–H groups in total. The summed E-state index contributed by atoms with van der Waals surface area (Å²) in [7, 11) is 1.54. The van der Waals surface area contributed by atoms with Crippen molar-refractivity contribution in [3.8, 4) is 17.2 Å². The van der Waals surface area contributed by atoms with Crippen LogP contribution in [-0.2, 0) is 35.0 Å². The zero-order valence-electron chi connectivity index (χ0n) is 26.0. The Balaban J connectivity index is 1.08. The number of carbonyl (C=O) groups excluding carboxylic acids is 2. The molecule has 0 heterocycles. The smallest absolute Gasteiger partial charge is 0.330 e. The van der Waals surface area contributed by atoms with Crippen LogP contribution < -0.4 is 14.2 Å². The summed E-state index contributed by atoms with van der Waals surface area (Å²) >= 11 is 0. The summed E-state index contributed by atoms with van der Waals surface area (Å²) in [5, 5.41) is 25.9. The van der Waals surface area contributed by atoms with Gasteiger partial charge in [-0.1, -0.05) is 61.2 Å². The Kier molecular flexibility index (Phi) is 9.17. The van der Waals surface area contributed by atoms with Gasteiger partial charge in [0.15, 0.2) is 0 Å². The molecule has 0 radical (unpaired) electrons. The number of benzene rings is 4. The van der Waals surface area contributed by atoms with Crippen molar-refractivity contribution in [1.29, 1.82) is 0 Å². The quantitative estimate of drug-likeness (QED) is 0.116. The average molecular weight is 641 g/mol. The summed E-state index contributed by atoms with van der Waals surface area (Å²) in [6.07, 6.45) is 1.06. The average Bonchev–Trinajstić information content (AvgIpc) is 3.10. The van der Waals surface area contributed by atoms with E-state index in [9.17, 15) is 19.8 Å². The molecule has 4 aromatic rings. The fourth-order valence-corrected chi connectivity index (χ4v) is 6.55. The highest BCUT2D eigenvalue weighted by Gasteiger charge is 2.62. The van der Waals surface area contributed by atoms with Crippen LogP contribution in [0.2, 0.25) is 0 Å². The molecule has 7 rings (SSSR count). The molecule has 3 unspecified atom stereocenters. The third-order valence-electron chi connectivity index (χ3n) is 8.71. The Labute approximate surface area is 272 Å². The first-order chi connectivity index (χ1) is 22.8. The van der Waals surface area contributed by atoms with E-state index in [1.165, 1.54) is 7.11 Å². The molecule has 0 saturated carbocycles. The first kappa shape index (κ1) is 32.1. The van der Waals surface area contributed by atoms with Gasteiger partial charge in [-0.15, -0.1) is 0 Å². The summed E-state index contributed by atoms with van der Waals surface area (Å²) in [4.78, 5) is 24.6. The van der Waals surface area contributed by atoms with Gasteiger partial charge in [-0.25, -0.2) is 4.79 Å². The lowest BCUT2D eigenvalue weighted by atomic mass is 9.54. The van der Waals surface area contributed by atoms with E-state index in [-0.39, 0.29) is 32.8 Å². The van der Waals surface area contributed by atoms with Crippen LogP contribution in [0.5, 0.6) is 17.2 Å². The van der Waals surface area contributed by atoms with Gasteiger partial charge in [0.1, 0.15) is 54.9 Å². The molecule has 4 aromatic carbocycles. The maximum absolute atomic E-state index is 13.5. The zero-order valence-corrected chi connectivity index (χ0v) is 26.0. The van der Waals surface area contributed by atoms with Crippen LogP contribution >= 0.6 is 0 Å². The summed E-state index contributed by atoms with van der Waals surface area (Å²) in [5.41, 5.74) is -1.16. The van der Waals surface area contributed by atoms with Crippen LogP contribution in [0.3, 0.4) is 0 Å². The molecule has 0 aromatic heterocycles. The highest BCUT2D eigenvalue weighted by Crippen LogP contribution is 2.60. The molecule has 47 heavy (non-hydrogen) atoms. The van der Waals surface area contributed by atoms with E-state index in [2.05, 4.69) is 6.58 Å². The zero-order chi connectivity index (χ0) is 33.0. The van der Waals surface area contributed by atoms with Gasteiger partial charge in [0.25, 0.3) is 0 Å². The van der Waals surface area contributed by atoms with Gasteiger partial charge >= 0.3 is 11.9 Å². The second kappa shape index (κ2) is 13.4. The number of esters is 2. The molecule has 2 bridgehead atoms. The largest absolute Gasteiger partial charge is 0.497 e. The number of fused-ring (bicyclic) bond motifs is 2. The third-order valence-corrected chi connectivity index (χ3v) is 8.71. The lowest BCUT2D eigenvalue weighted by Crippen LogP contribution is -2.57. The standard InChI is InChI=1S/C37H36O10/c1-3-34(38)46-19-17-43-16-18-44-32-14-15-33(26-9-5-4-8-25(26)32)45-20-21-47-35(39)31-23-36(40)27-10-6-7-11-28(27)37(31,41)29-13-12-24(42-2)22-30(29)36/h3-15,22,31,40-41H,1,16-21,23H2,2H3. The van der Waals surface area contributed by atoms with Gasteiger partial charge in [0.2, 0.25) is 0 Å². The number of hydrogen-bond donors (Lipinski definition) is 2. The summed E-state index contributed by atoms with van der Waals surface area (Å²) < 4.78 is 33.3. The van der Waals surface area contributed by atoms with E-state index in [1.54, 1.807) is 54.6 Å². The van der Waals surface area contributed by atoms with E-state index in [0.717, 1.165) is 16.8 Å². The van der Waals surface area contributed by atoms with Gasteiger partial charge in [-0.3, -0.25) is 4.79 Å². The van der Waals surface area contributed by atoms with Gasteiger partial charge < -0.3 is 38.6 Å². The highest BCUT2D eigenvalue weighted by molar-refractivity contribution is 5.93. The molecular weight excluding hydrogens is 604 g/mol. The van der Waals surface area contributed by atoms with Crippen LogP contribution in [0, 0.1) is 5.92 Å². The molecule has 244 valence electrons. The predicted molar refractivity (Wildman–Crippen MR) is 171 cm³/mol. The molecule has 3 aliphatic carbocycles. The van der Waals surface area contributed by atoms with Crippen molar-refractivity contribution in [2.24, 2.45) is 5.92 Å². The van der Waals surface area contributed by atoms with Crippen molar-refractivity contribution in [3.05, 3.63) is 114 Å². The summed E-state index contributed by atoms with van der Waals surface area (Å²) in [6.45, 7) is 4.33. The van der Waals surface area contributed by atoms with Crippen molar-refractivity contribution >= 4 is 22.7 Å². The first-order valence-corrected chi connectivity index (χ1v) is 15.4. The van der Waals surface area contributed by atoms with E-state index >= 15 is 0 Å². The molecule has 10 heteroatoms. The molecule has 0 saturated heterocycles. The topological polar surface area (TPSA) is 130 Å². The monoisotopic (exact) mass is 640 g/mol. The van der Waals surface area contributed by atoms with Crippen molar-refractivity contribution in [2.75, 3.05) is 46.8 Å². The van der Waals surface area contributed by atoms with Crippen LogP contribution in [-0.4, -0.2) is 68.9 Å². The lowest BCUT2D eigenvalue weighted by molar-refractivity contribution is -0.167. The van der Waals surface area contributed by atoms with Crippen molar-refractivity contribution in [1.82, 2.24) is 0 Å². The van der Waals surface area contributed by atoms with Crippen molar-refractivity contribution < 1.29 is 48.2 Å². The number of aliphatic hydroxyl groups is 2. The van der Waals surface area contributed by atoms with Crippen LogP contribution in [0.15, 0.2) is 91.5 Å². The first-order valence-electron chi connectivity index (χ1n) is 15.4. The number of methoxy groups -OCH3 is 1. The molecular formula is C37H36O10. The fraction of sp³-hybridized carbons (Fsp3) is 0.297. The Morgan fingerprint density at radius 2 is 1.36 bits per heavy atom.